The van der Waals surface area contributed by atoms with E-state index in [4.69, 9.17) is 14.5 Å². The van der Waals surface area contributed by atoms with Crippen molar-refractivity contribution in [2.24, 2.45) is 0 Å². The molecule has 214 valence electrons. The smallest absolute Gasteiger partial charge is 0.263 e. The lowest BCUT2D eigenvalue weighted by Crippen LogP contribution is -2.52. The molecule has 0 saturated carbocycles. The monoisotopic (exact) mass is 554 g/mol. The molecule has 0 unspecified atom stereocenters. The van der Waals surface area contributed by atoms with E-state index in [-0.39, 0.29) is 11.8 Å². The molecule has 1 aliphatic rings. The van der Waals surface area contributed by atoms with Gasteiger partial charge in [0.15, 0.2) is 11.5 Å². The summed E-state index contributed by atoms with van der Waals surface area (Å²) in [4.78, 5) is 37.0. The predicted molar refractivity (Wildman–Crippen MR) is 161 cm³/mol. The van der Waals surface area contributed by atoms with Gasteiger partial charge in [0, 0.05) is 12.1 Å². The van der Waals surface area contributed by atoms with Gasteiger partial charge >= 0.3 is 0 Å². The third-order valence-electron chi connectivity index (χ3n) is 8.12. The summed E-state index contributed by atoms with van der Waals surface area (Å²) in [5.41, 5.74) is 6.29. The number of carbonyl (C=O) groups excluding carboxylic acids is 2. The highest BCUT2D eigenvalue weighted by atomic mass is 16.5. The van der Waals surface area contributed by atoms with Crippen molar-refractivity contribution in [3.05, 3.63) is 76.3 Å². The van der Waals surface area contributed by atoms with Crippen molar-refractivity contribution in [3.8, 4) is 22.9 Å². The minimum absolute atomic E-state index is 0.176. The van der Waals surface area contributed by atoms with Gasteiger partial charge in [0.1, 0.15) is 11.3 Å². The molecule has 2 N–H and O–H groups in total. The molecule has 0 radical (unpaired) electrons. The maximum Gasteiger partial charge on any atom is 0.263 e. The molecule has 1 aliphatic heterocycles. The molecule has 0 aliphatic carbocycles. The molecule has 1 aromatic heterocycles. The van der Waals surface area contributed by atoms with Crippen LogP contribution in [0.4, 0.5) is 0 Å². The number of nitrogens with one attached hydrogen (secondary N) is 2. The molecule has 4 aromatic rings. The van der Waals surface area contributed by atoms with Crippen molar-refractivity contribution in [1.29, 1.82) is 0 Å². The van der Waals surface area contributed by atoms with E-state index < -0.39 is 5.41 Å². The van der Waals surface area contributed by atoms with Crippen molar-refractivity contribution in [2.45, 2.75) is 46.0 Å². The van der Waals surface area contributed by atoms with Crippen molar-refractivity contribution >= 4 is 22.8 Å². The third-order valence-corrected chi connectivity index (χ3v) is 8.12. The van der Waals surface area contributed by atoms with Gasteiger partial charge in [-0.2, -0.15) is 0 Å². The lowest BCUT2D eigenvalue weighted by Gasteiger charge is -2.37. The number of aromatic nitrogens is 2. The zero-order chi connectivity index (χ0) is 29.3. The van der Waals surface area contributed by atoms with E-state index in [1.165, 1.54) is 16.0 Å². The Labute approximate surface area is 241 Å². The summed E-state index contributed by atoms with van der Waals surface area (Å²) in [5.74, 6) is 1.67. The minimum atomic E-state index is -0.835. The molecule has 0 fully saturated rings. The molecule has 3 aromatic carbocycles. The van der Waals surface area contributed by atoms with E-state index in [1.807, 2.05) is 50.2 Å². The zero-order valence-electron chi connectivity index (χ0n) is 24.7. The normalized spacial score (nSPS) is 14.4. The number of amides is 2. The number of nitrogens with zero attached hydrogens (tertiary/aromatic N) is 2. The van der Waals surface area contributed by atoms with E-state index in [9.17, 15) is 9.59 Å². The van der Waals surface area contributed by atoms with E-state index in [0.29, 0.717) is 47.9 Å². The van der Waals surface area contributed by atoms with Gasteiger partial charge in [0.05, 0.1) is 30.7 Å². The van der Waals surface area contributed by atoms with Crippen molar-refractivity contribution in [1.82, 2.24) is 20.2 Å². The Morgan fingerprint density at radius 3 is 2.44 bits per heavy atom. The van der Waals surface area contributed by atoms with Crippen LogP contribution in [-0.2, 0) is 16.6 Å². The number of aromatic amines is 1. The number of carbonyl (C=O) groups is 2. The van der Waals surface area contributed by atoms with Crippen LogP contribution in [0.15, 0.2) is 48.5 Å². The molecular formula is C33H38N4O4. The summed E-state index contributed by atoms with van der Waals surface area (Å²) in [6.07, 6.45) is 1.47. The molecule has 2 heterocycles. The first kappa shape index (κ1) is 28.4. The second-order valence-electron chi connectivity index (χ2n) is 11.2. The van der Waals surface area contributed by atoms with Crippen LogP contribution in [0.3, 0.4) is 0 Å². The van der Waals surface area contributed by atoms with Gasteiger partial charge in [0.25, 0.3) is 5.91 Å². The molecule has 5 rings (SSSR count). The predicted octanol–water partition coefficient (Wildman–Crippen LogP) is 5.35. The van der Waals surface area contributed by atoms with E-state index in [1.54, 1.807) is 14.2 Å². The van der Waals surface area contributed by atoms with Gasteiger partial charge in [-0.15, -0.1) is 0 Å². The molecule has 0 bridgehead atoms. The Morgan fingerprint density at radius 2 is 1.71 bits per heavy atom. The number of ether oxygens (including phenoxy) is 2. The zero-order valence-corrected chi connectivity index (χ0v) is 24.7. The first-order chi connectivity index (χ1) is 19.6. The first-order valence-electron chi connectivity index (χ1n) is 14.0. The summed E-state index contributed by atoms with van der Waals surface area (Å²) in [6.45, 7) is 9.71. The highest BCUT2D eigenvalue weighted by molar-refractivity contribution is 6.18. The van der Waals surface area contributed by atoms with Gasteiger partial charge in [-0.25, -0.2) is 4.98 Å². The number of imidazole rings is 1. The Kier molecular flexibility index (Phi) is 7.87. The largest absolute Gasteiger partial charge is 0.493 e. The van der Waals surface area contributed by atoms with E-state index in [0.717, 1.165) is 35.2 Å². The van der Waals surface area contributed by atoms with Crippen LogP contribution in [0.1, 0.15) is 52.9 Å². The maximum atomic E-state index is 13.8. The fourth-order valence-electron chi connectivity index (χ4n) is 5.48. The van der Waals surface area contributed by atoms with Gasteiger partial charge in [-0.05, 0) is 100 Å². The SMILES string of the molecule is COc1ccc(CCNCCCN2C(=O)c3c(ccc4[nH]c(-c5ccc(C)c(C)c5)nc34)C(C)(C)C2=O)cc1OC. The summed E-state index contributed by atoms with van der Waals surface area (Å²) in [7, 11) is 3.25. The van der Waals surface area contributed by atoms with Crippen molar-refractivity contribution < 1.29 is 19.1 Å². The number of rotatable bonds is 10. The van der Waals surface area contributed by atoms with Gasteiger partial charge in [-0.3, -0.25) is 14.5 Å². The third kappa shape index (κ3) is 5.32. The fraction of sp³-hybridized carbons (Fsp3) is 0.364. The fourth-order valence-corrected chi connectivity index (χ4v) is 5.48. The molecule has 0 saturated heterocycles. The molecule has 0 spiro atoms. The second-order valence-corrected chi connectivity index (χ2v) is 11.2. The summed E-state index contributed by atoms with van der Waals surface area (Å²) in [5, 5.41) is 3.43. The average Bonchev–Trinajstić information content (AvgIpc) is 3.41. The molecule has 2 amide bonds. The van der Waals surface area contributed by atoms with Crippen LogP contribution >= 0.6 is 0 Å². The number of aryl methyl sites for hydroxylation is 2. The minimum Gasteiger partial charge on any atom is -0.493 e. The lowest BCUT2D eigenvalue weighted by atomic mass is 9.76. The Morgan fingerprint density at radius 1 is 0.927 bits per heavy atom. The molecule has 8 nitrogen and oxygen atoms in total. The van der Waals surface area contributed by atoms with Crippen LogP contribution in [0, 0.1) is 13.8 Å². The number of methoxy groups -OCH3 is 2. The van der Waals surface area contributed by atoms with Crippen LogP contribution < -0.4 is 14.8 Å². The van der Waals surface area contributed by atoms with Crippen LogP contribution in [0.25, 0.3) is 22.4 Å². The van der Waals surface area contributed by atoms with Crippen molar-refractivity contribution in [3.63, 3.8) is 0 Å². The first-order valence-corrected chi connectivity index (χ1v) is 14.0. The van der Waals surface area contributed by atoms with Crippen LogP contribution in [-0.4, -0.2) is 60.5 Å². The number of H-pyrrole nitrogens is 1. The number of hydrogen-bond acceptors (Lipinski definition) is 6. The number of hydrogen-bond donors (Lipinski definition) is 2. The highest BCUT2D eigenvalue weighted by Crippen LogP contribution is 2.38. The summed E-state index contributed by atoms with van der Waals surface area (Å²) < 4.78 is 10.7. The molecule has 8 heteroatoms. The molecule has 41 heavy (non-hydrogen) atoms. The summed E-state index contributed by atoms with van der Waals surface area (Å²) in [6, 6.07) is 15.9. The quantitative estimate of drug-likeness (QED) is 0.203. The average molecular weight is 555 g/mol. The lowest BCUT2D eigenvalue weighted by molar-refractivity contribution is -0.134. The van der Waals surface area contributed by atoms with Gasteiger partial charge in [-0.1, -0.05) is 24.3 Å². The Balaban J connectivity index is 1.28. The summed E-state index contributed by atoms with van der Waals surface area (Å²) >= 11 is 0. The number of benzene rings is 3. The number of fused-ring (bicyclic) bond motifs is 3. The van der Waals surface area contributed by atoms with Gasteiger partial charge in [0.2, 0.25) is 5.91 Å². The Hall–Kier alpha value is -4.17. The second kappa shape index (κ2) is 11.4. The van der Waals surface area contributed by atoms with Crippen molar-refractivity contribution in [2.75, 3.05) is 33.9 Å². The highest BCUT2D eigenvalue weighted by Gasteiger charge is 2.45. The maximum absolute atomic E-state index is 13.8. The molecule has 0 atom stereocenters. The topological polar surface area (TPSA) is 96.5 Å². The Bertz CT molecular complexity index is 1620. The number of imide groups is 1. The van der Waals surface area contributed by atoms with Crippen LogP contribution in [0.5, 0.6) is 11.5 Å². The van der Waals surface area contributed by atoms with E-state index >= 15 is 0 Å². The standard InChI is InChI=1S/C33H38N4O4/c1-20-8-10-23(18-21(20)2)30-35-25-12-11-24-28(29(25)36-30)31(38)37(32(39)33(24,3)4)17-7-15-34-16-14-22-9-13-26(40-5)27(19-22)41-6/h8-13,18-19,34H,7,14-17H2,1-6H3,(H,35,36). The molecular weight excluding hydrogens is 516 g/mol. The van der Waals surface area contributed by atoms with Gasteiger partial charge < -0.3 is 19.8 Å². The van der Waals surface area contributed by atoms with Crippen LogP contribution in [0.2, 0.25) is 0 Å². The van der Waals surface area contributed by atoms with E-state index in [2.05, 4.69) is 36.3 Å².